The molecule has 2 aromatic rings. The lowest BCUT2D eigenvalue weighted by Gasteiger charge is -2.03. The lowest BCUT2D eigenvalue weighted by molar-refractivity contribution is 0.0949. The van der Waals surface area contributed by atoms with Gasteiger partial charge in [-0.2, -0.15) is 0 Å². The number of hydrogen-bond donors (Lipinski definition) is 1. The highest BCUT2D eigenvalue weighted by atomic mass is 16.3. The van der Waals surface area contributed by atoms with E-state index in [4.69, 9.17) is 4.42 Å². The molecule has 0 unspecified atom stereocenters. The maximum absolute atomic E-state index is 11.9. The van der Waals surface area contributed by atoms with Gasteiger partial charge in [0.15, 0.2) is 0 Å². The predicted octanol–water partition coefficient (Wildman–Crippen LogP) is 2.22. The number of hydrogen-bond acceptors (Lipinski definition) is 3. The Kier molecular flexibility index (Phi) is 3.23. The predicted molar refractivity (Wildman–Crippen MR) is 63.6 cm³/mol. The number of nitrogens with one attached hydrogen (secondary N) is 1. The summed E-state index contributed by atoms with van der Waals surface area (Å²) >= 11 is 0. The van der Waals surface area contributed by atoms with Gasteiger partial charge in [0.1, 0.15) is 11.5 Å². The number of aryl methyl sites for hydroxylation is 2. The zero-order chi connectivity index (χ0) is 12.3. The van der Waals surface area contributed by atoms with E-state index in [9.17, 15) is 4.79 Å². The fraction of sp³-hybridized carbons (Fsp3) is 0.231. The Morgan fingerprint density at radius 3 is 2.82 bits per heavy atom. The molecule has 88 valence electrons. The molecular formula is C13H14N2O2. The topological polar surface area (TPSA) is 55.1 Å². The molecule has 2 rings (SSSR count). The second-order valence-electron chi connectivity index (χ2n) is 3.83. The van der Waals surface area contributed by atoms with Crippen molar-refractivity contribution in [2.45, 2.75) is 20.4 Å². The molecule has 0 aromatic carbocycles. The summed E-state index contributed by atoms with van der Waals surface area (Å²) in [6.45, 7) is 4.02. The number of carbonyl (C=O) groups is 1. The largest absolute Gasteiger partial charge is 0.466 e. The Morgan fingerprint density at radius 1 is 1.41 bits per heavy atom. The van der Waals surface area contributed by atoms with E-state index in [2.05, 4.69) is 10.3 Å². The third-order valence-electron chi connectivity index (χ3n) is 2.44. The van der Waals surface area contributed by atoms with Crippen molar-refractivity contribution >= 4 is 5.91 Å². The number of aromatic nitrogens is 1. The smallest absolute Gasteiger partial charge is 0.255 e. The van der Waals surface area contributed by atoms with Crippen molar-refractivity contribution in [3.8, 4) is 0 Å². The van der Waals surface area contributed by atoms with Gasteiger partial charge in [-0.25, -0.2) is 0 Å². The first-order valence-electron chi connectivity index (χ1n) is 5.42. The van der Waals surface area contributed by atoms with E-state index < -0.39 is 0 Å². The molecule has 0 aliphatic rings. The Morgan fingerprint density at radius 2 is 2.24 bits per heavy atom. The summed E-state index contributed by atoms with van der Waals surface area (Å²) in [6.07, 6.45) is 1.70. The molecule has 0 aliphatic carbocycles. The molecule has 1 amide bonds. The van der Waals surface area contributed by atoms with Crippen molar-refractivity contribution in [3.05, 3.63) is 53.2 Å². The Labute approximate surface area is 99.7 Å². The van der Waals surface area contributed by atoms with Gasteiger partial charge in [-0.05, 0) is 32.0 Å². The van der Waals surface area contributed by atoms with E-state index in [0.29, 0.717) is 17.9 Å². The number of carbonyl (C=O) groups excluding carboxylic acids is 1. The van der Waals surface area contributed by atoms with Crippen molar-refractivity contribution in [1.29, 1.82) is 0 Å². The standard InChI is InChI=1S/C13H14N2O2/c1-9-7-12(10(2)17-9)13(16)15-8-11-5-3-4-6-14-11/h3-7H,8H2,1-2H3,(H,15,16). The summed E-state index contributed by atoms with van der Waals surface area (Å²) in [6, 6.07) is 7.34. The van der Waals surface area contributed by atoms with Crippen LogP contribution in [0.15, 0.2) is 34.9 Å². The maximum atomic E-state index is 11.9. The fourth-order valence-electron chi connectivity index (χ4n) is 1.63. The van der Waals surface area contributed by atoms with E-state index in [-0.39, 0.29) is 5.91 Å². The van der Waals surface area contributed by atoms with Crippen LogP contribution < -0.4 is 5.32 Å². The number of furan rings is 1. The van der Waals surface area contributed by atoms with Crippen LogP contribution >= 0.6 is 0 Å². The molecule has 0 bridgehead atoms. The number of amides is 1. The third-order valence-corrected chi connectivity index (χ3v) is 2.44. The molecule has 1 N–H and O–H groups in total. The molecule has 2 heterocycles. The van der Waals surface area contributed by atoms with Crippen LogP contribution in [0.3, 0.4) is 0 Å². The van der Waals surface area contributed by atoms with Gasteiger partial charge in [0.05, 0.1) is 17.8 Å². The van der Waals surface area contributed by atoms with Crippen molar-refractivity contribution in [1.82, 2.24) is 10.3 Å². The van der Waals surface area contributed by atoms with E-state index in [1.165, 1.54) is 0 Å². The lowest BCUT2D eigenvalue weighted by Crippen LogP contribution is -2.23. The van der Waals surface area contributed by atoms with Crippen LogP contribution in [-0.2, 0) is 6.54 Å². The van der Waals surface area contributed by atoms with Crippen LogP contribution in [0.1, 0.15) is 27.6 Å². The molecule has 0 radical (unpaired) electrons. The number of nitrogens with zero attached hydrogens (tertiary/aromatic N) is 1. The van der Waals surface area contributed by atoms with Crippen LogP contribution in [0.2, 0.25) is 0 Å². The minimum Gasteiger partial charge on any atom is -0.466 e. The molecule has 4 heteroatoms. The maximum Gasteiger partial charge on any atom is 0.255 e. The van der Waals surface area contributed by atoms with Crippen LogP contribution in [0.5, 0.6) is 0 Å². The van der Waals surface area contributed by atoms with Gasteiger partial charge in [-0.1, -0.05) is 6.07 Å². The summed E-state index contributed by atoms with van der Waals surface area (Å²) in [7, 11) is 0. The Hall–Kier alpha value is -2.10. The summed E-state index contributed by atoms with van der Waals surface area (Å²) in [5.74, 6) is 1.25. The highest BCUT2D eigenvalue weighted by molar-refractivity contribution is 5.95. The minimum absolute atomic E-state index is 0.134. The lowest BCUT2D eigenvalue weighted by atomic mass is 10.2. The summed E-state index contributed by atoms with van der Waals surface area (Å²) in [5, 5.41) is 2.81. The van der Waals surface area contributed by atoms with Crippen molar-refractivity contribution in [2.24, 2.45) is 0 Å². The van der Waals surface area contributed by atoms with Gasteiger partial charge in [-0.15, -0.1) is 0 Å². The Bertz CT molecular complexity index is 517. The average molecular weight is 230 g/mol. The van der Waals surface area contributed by atoms with Crippen LogP contribution in [0, 0.1) is 13.8 Å². The molecule has 4 nitrogen and oxygen atoms in total. The molecule has 0 saturated carbocycles. The first kappa shape index (κ1) is 11.4. The SMILES string of the molecule is Cc1cc(C(=O)NCc2ccccn2)c(C)o1. The van der Waals surface area contributed by atoms with Gasteiger partial charge < -0.3 is 9.73 Å². The molecule has 0 atom stereocenters. The molecule has 0 fully saturated rings. The first-order valence-corrected chi connectivity index (χ1v) is 5.42. The summed E-state index contributed by atoms with van der Waals surface area (Å²) in [4.78, 5) is 16.0. The van der Waals surface area contributed by atoms with E-state index >= 15 is 0 Å². The van der Waals surface area contributed by atoms with Crippen molar-refractivity contribution in [3.63, 3.8) is 0 Å². The van der Waals surface area contributed by atoms with Gasteiger partial charge in [0, 0.05) is 6.20 Å². The Balaban J connectivity index is 2.01. The summed E-state index contributed by atoms with van der Waals surface area (Å²) < 4.78 is 5.31. The monoisotopic (exact) mass is 230 g/mol. The fourth-order valence-corrected chi connectivity index (χ4v) is 1.63. The van der Waals surface area contributed by atoms with Gasteiger partial charge >= 0.3 is 0 Å². The molecule has 0 aliphatic heterocycles. The zero-order valence-electron chi connectivity index (χ0n) is 9.86. The van der Waals surface area contributed by atoms with Gasteiger partial charge in [0.2, 0.25) is 0 Å². The highest BCUT2D eigenvalue weighted by Crippen LogP contribution is 2.13. The second kappa shape index (κ2) is 4.82. The van der Waals surface area contributed by atoms with Crippen molar-refractivity contribution in [2.75, 3.05) is 0 Å². The van der Waals surface area contributed by atoms with E-state index in [1.807, 2.05) is 25.1 Å². The van der Waals surface area contributed by atoms with E-state index in [0.717, 1.165) is 11.5 Å². The van der Waals surface area contributed by atoms with Crippen LogP contribution in [-0.4, -0.2) is 10.9 Å². The third kappa shape index (κ3) is 2.72. The van der Waals surface area contributed by atoms with Crippen LogP contribution in [0.4, 0.5) is 0 Å². The molecular weight excluding hydrogens is 216 g/mol. The van der Waals surface area contributed by atoms with Gasteiger partial charge in [0.25, 0.3) is 5.91 Å². The van der Waals surface area contributed by atoms with Crippen LogP contribution in [0.25, 0.3) is 0 Å². The molecule has 0 spiro atoms. The van der Waals surface area contributed by atoms with Gasteiger partial charge in [-0.3, -0.25) is 9.78 Å². The van der Waals surface area contributed by atoms with Crippen molar-refractivity contribution < 1.29 is 9.21 Å². The molecule has 0 saturated heterocycles. The molecule has 2 aromatic heterocycles. The normalized spacial score (nSPS) is 10.2. The quantitative estimate of drug-likeness (QED) is 0.879. The van der Waals surface area contributed by atoms with E-state index in [1.54, 1.807) is 19.2 Å². The molecule has 17 heavy (non-hydrogen) atoms. The minimum atomic E-state index is -0.134. The first-order chi connectivity index (χ1) is 8.16. The second-order valence-corrected chi connectivity index (χ2v) is 3.83. The average Bonchev–Trinajstić information content (AvgIpc) is 2.67. The number of rotatable bonds is 3. The zero-order valence-corrected chi connectivity index (χ0v) is 9.86. The number of pyridine rings is 1. The summed E-state index contributed by atoms with van der Waals surface area (Å²) in [5.41, 5.74) is 1.41. The highest BCUT2D eigenvalue weighted by Gasteiger charge is 2.12.